The Labute approximate surface area is 120 Å². The number of nitrogens with zero attached hydrogens (tertiary/aromatic N) is 2. The van der Waals surface area contributed by atoms with Crippen LogP contribution in [0, 0.1) is 5.82 Å². The number of aliphatic carboxylic acids is 1. The zero-order chi connectivity index (χ0) is 15.6. The summed E-state index contributed by atoms with van der Waals surface area (Å²) in [5, 5.41) is 14.7. The summed E-state index contributed by atoms with van der Waals surface area (Å²) in [6.07, 6.45) is -0.0848. The molecule has 0 aliphatic carbocycles. The summed E-state index contributed by atoms with van der Waals surface area (Å²) in [6, 6.07) is 5.23. The lowest BCUT2D eigenvalue weighted by Crippen LogP contribution is -2.47. The van der Waals surface area contributed by atoms with E-state index in [1.165, 1.54) is 36.2 Å². The fourth-order valence-electron chi connectivity index (χ4n) is 2.09. The maximum Gasteiger partial charge on any atom is 0.354 e. The number of carbonyl (C=O) groups is 2. The molecule has 0 fully saturated rings. The molecule has 0 radical (unpaired) electrons. The molecule has 1 heterocycles. The minimum Gasteiger partial charge on any atom is -0.479 e. The SMILES string of the molecule is CCOC(=O)C1=NN(c2ccc(F)cc2)C(C)(C(=O)O)C1. The van der Waals surface area contributed by atoms with Crippen LogP contribution in [0.15, 0.2) is 29.4 Å². The van der Waals surface area contributed by atoms with E-state index in [1.807, 2.05) is 0 Å². The van der Waals surface area contributed by atoms with Gasteiger partial charge in [-0.1, -0.05) is 0 Å². The Morgan fingerprint density at radius 1 is 1.43 bits per heavy atom. The predicted molar refractivity (Wildman–Crippen MR) is 73.6 cm³/mol. The molecule has 2 rings (SSSR count). The van der Waals surface area contributed by atoms with Gasteiger partial charge in [-0.25, -0.2) is 19.0 Å². The zero-order valence-electron chi connectivity index (χ0n) is 11.7. The highest BCUT2D eigenvalue weighted by atomic mass is 19.1. The van der Waals surface area contributed by atoms with E-state index in [-0.39, 0.29) is 18.7 Å². The summed E-state index contributed by atoms with van der Waals surface area (Å²) in [6.45, 7) is 3.29. The molecule has 0 aromatic heterocycles. The van der Waals surface area contributed by atoms with Gasteiger partial charge in [-0.05, 0) is 38.1 Å². The minimum absolute atomic E-state index is 0.0334. The highest BCUT2D eigenvalue weighted by molar-refractivity contribution is 6.38. The summed E-state index contributed by atoms with van der Waals surface area (Å²) in [4.78, 5) is 23.3. The predicted octanol–water partition coefficient (Wildman–Crippen LogP) is 1.80. The van der Waals surface area contributed by atoms with Crippen LogP contribution in [0.4, 0.5) is 10.1 Å². The molecule has 6 nitrogen and oxygen atoms in total. The minimum atomic E-state index is -1.42. The third-order valence-corrected chi connectivity index (χ3v) is 3.24. The number of hydrogen-bond donors (Lipinski definition) is 1. The van der Waals surface area contributed by atoms with E-state index in [0.29, 0.717) is 5.69 Å². The third-order valence-electron chi connectivity index (χ3n) is 3.24. The number of ether oxygens (including phenoxy) is 1. The maximum absolute atomic E-state index is 13.0. The van der Waals surface area contributed by atoms with E-state index < -0.39 is 23.3 Å². The average molecular weight is 294 g/mol. The van der Waals surface area contributed by atoms with Crippen LogP contribution < -0.4 is 5.01 Å². The van der Waals surface area contributed by atoms with Crippen LogP contribution in [0.1, 0.15) is 20.3 Å². The molecule has 1 aliphatic heterocycles. The smallest absolute Gasteiger partial charge is 0.354 e. The molecular formula is C14H15FN2O4. The zero-order valence-corrected chi connectivity index (χ0v) is 11.7. The molecule has 1 aromatic rings. The molecule has 1 aliphatic rings. The first-order valence-corrected chi connectivity index (χ1v) is 6.42. The van der Waals surface area contributed by atoms with Crippen LogP contribution in [0.2, 0.25) is 0 Å². The molecule has 0 spiro atoms. The lowest BCUT2D eigenvalue weighted by atomic mass is 9.95. The van der Waals surface area contributed by atoms with Crippen LogP contribution in [-0.2, 0) is 14.3 Å². The van der Waals surface area contributed by atoms with Crippen molar-refractivity contribution in [1.82, 2.24) is 0 Å². The Kier molecular flexibility index (Phi) is 3.93. The van der Waals surface area contributed by atoms with Crippen molar-refractivity contribution in [3.05, 3.63) is 30.1 Å². The molecule has 1 N–H and O–H groups in total. The van der Waals surface area contributed by atoms with Gasteiger partial charge in [-0.15, -0.1) is 0 Å². The van der Waals surface area contributed by atoms with E-state index in [9.17, 15) is 19.1 Å². The van der Waals surface area contributed by atoms with Gasteiger partial charge in [0.05, 0.1) is 12.3 Å². The van der Waals surface area contributed by atoms with E-state index in [1.54, 1.807) is 6.92 Å². The number of carboxylic acids is 1. The van der Waals surface area contributed by atoms with Gasteiger partial charge < -0.3 is 9.84 Å². The van der Waals surface area contributed by atoms with Crippen molar-refractivity contribution >= 4 is 23.3 Å². The molecule has 0 saturated heterocycles. The first kappa shape index (κ1) is 15.0. The molecule has 0 bridgehead atoms. The van der Waals surface area contributed by atoms with Crippen molar-refractivity contribution in [3.63, 3.8) is 0 Å². The van der Waals surface area contributed by atoms with Crippen molar-refractivity contribution < 1.29 is 23.8 Å². The van der Waals surface area contributed by atoms with E-state index in [0.717, 1.165) is 0 Å². The lowest BCUT2D eigenvalue weighted by Gasteiger charge is -2.29. The van der Waals surface area contributed by atoms with E-state index in [2.05, 4.69) is 5.10 Å². The number of hydrogen-bond acceptors (Lipinski definition) is 5. The molecule has 1 aromatic carbocycles. The summed E-state index contributed by atoms with van der Waals surface area (Å²) in [7, 11) is 0. The van der Waals surface area contributed by atoms with Crippen LogP contribution in [0.5, 0.6) is 0 Å². The second-order valence-corrected chi connectivity index (χ2v) is 4.81. The summed E-state index contributed by atoms with van der Waals surface area (Å²) < 4.78 is 17.8. The number of hydrazone groups is 1. The Hall–Kier alpha value is -2.44. The molecule has 112 valence electrons. The highest BCUT2D eigenvalue weighted by Crippen LogP contribution is 2.33. The Morgan fingerprint density at radius 3 is 2.57 bits per heavy atom. The molecule has 1 unspecified atom stereocenters. The molecule has 7 heteroatoms. The Balaban J connectivity index is 2.40. The van der Waals surface area contributed by atoms with Crippen molar-refractivity contribution in [2.24, 2.45) is 5.10 Å². The fraction of sp³-hybridized carbons (Fsp3) is 0.357. The number of halogens is 1. The molecular weight excluding hydrogens is 279 g/mol. The van der Waals surface area contributed by atoms with Crippen molar-refractivity contribution in [3.8, 4) is 0 Å². The van der Waals surface area contributed by atoms with Crippen molar-refractivity contribution in [2.45, 2.75) is 25.8 Å². The Morgan fingerprint density at radius 2 is 2.05 bits per heavy atom. The standard InChI is InChI=1S/C14H15FN2O4/c1-3-21-12(18)11-8-14(2,13(19)20)17(16-11)10-6-4-9(15)5-7-10/h4-7H,3,8H2,1-2H3,(H,19,20). The van der Waals surface area contributed by atoms with Gasteiger partial charge in [0.15, 0.2) is 5.54 Å². The highest BCUT2D eigenvalue weighted by Gasteiger charge is 2.48. The van der Waals surface area contributed by atoms with Crippen LogP contribution in [0.3, 0.4) is 0 Å². The van der Waals surface area contributed by atoms with E-state index >= 15 is 0 Å². The monoisotopic (exact) mass is 294 g/mol. The number of anilines is 1. The van der Waals surface area contributed by atoms with Crippen molar-refractivity contribution in [1.29, 1.82) is 0 Å². The number of carboxylic acid groups (broad SMARTS) is 1. The first-order chi connectivity index (χ1) is 9.88. The quantitative estimate of drug-likeness (QED) is 0.857. The second-order valence-electron chi connectivity index (χ2n) is 4.81. The van der Waals surface area contributed by atoms with Crippen LogP contribution in [0.25, 0.3) is 0 Å². The number of carbonyl (C=O) groups excluding carboxylic acids is 1. The van der Waals surface area contributed by atoms with Gasteiger partial charge in [-0.2, -0.15) is 5.10 Å². The lowest BCUT2D eigenvalue weighted by molar-refractivity contribution is -0.142. The van der Waals surface area contributed by atoms with E-state index in [4.69, 9.17) is 4.74 Å². The molecule has 0 amide bonds. The van der Waals surface area contributed by atoms with Gasteiger partial charge >= 0.3 is 11.9 Å². The molecule has 21 heavy (non-hydrogen) atoms. The fourth-order valence-corrected chi connectivity index (χ4v) is 2.09. The normalized spacial score (nSPS) is 21.1. The van der Waals surface area contributed by atoms with Gasteiger partial charge in [0.1, 0.15) is 11.5 Å². The van der Waals surface area contributed by atoms with Gasteiger partial charge in [0.25, 0.3) is 0 Å². The molecule has 0 saturated carbocycles. The van der Waals surface area contributed by atoms with Crippen LogP contribution >= 0.6 is 0 Å². The van der Waals surface area contributed by atoms with Crippen LogP contribution in [-0.4, -0.2) is 34.9 Å². The average Bonchev–Trinajstić information content (AvgIpc) is 2.80. The third kappa shape index (κ3) is 2.72. The van der Waals surface area contributed by atoms with Gasteiger partial charge in [0, 0.05) is 6.42 Å². The number of benzene rings is 1. The number of esters is 1. The van der Waals surface area contributed by atoms with Crippen molar-refractivity contribution in [2.75, 3.05) is 11.6 Å². The summed E-state index contributed by atoms with van der Waals surface area (Å²) >= 11 is 0. The summed E-state index contributed by atoms with van der Waals surface area (Å²) in [5.74, 6) is -2.21. The van der Waals surface area contributed by atoms with Gasteiger partial charge in [0.2, 0.25) is 0 Å². The summed E-state index contributed by atoms with van der Waals surface area (Å²) in [5.41, 5.74) is -0.994. The largest absolute Gasteiger partial charge is 0.479 e. The topological polar surface area (TPSA) is 79.2 Å². The molecule has 1 atom stereocenters. The first-order valence-electron chi connectivity index (χ1n) is 6.42. The second kappa shape index (κ2) is 5.51. The Bertz CT molecular complexity index is 599. The maximum atomic E-state index is 13.0. The number of rotatable bonds is 4. The van der Waals surface area contributed by atoms with Gasteiger partial charge in [-0.3, -0.25) is 0 Å².